The van der Waals surface area contributed by atoms with Gasteiger partial charge in [-0.3, -0.25) is 4.79 Å². The van der Waals surface area contributed by atoms with Gasteiger partial charge in [0.25, 0.3) is 0 Å². The van der Waals surface area contributed by atoms with Gasteiger partial charge in [0.05, 0.1) is 0 Å². The molecule has 6 nitrogen and oxygen atoms in total. The number of benzene rings is 1. The number of fused-ring (bicyclic) bond motifs is 1. The van der Waals surface area contributed by atoms with Gasteiger partial charge in [-0.15, -0.1) is 11.3 Å². The highest BCUT2D eigenvalue weighted by Crippen LogP contribution is 2.27. The first-order valence-corrected chi connectivity index (χ1v) is 11.6. The lowest BCUT2D eigenvalue weighted by atomic mass is 10.1. The number of amides is 3. The molecule has 4 rings (SSSR count). The minimum absolute atomic E-state index is 0.0861. The number of hydrogen-bond acceptors (Lipinski definition) is 3. The Bertz CT molecular complexity index is 1100. The van der Waals surface area contributed by atoms with Gasteiger partial charge < -0.3 is 19.7 Å². The van der Waals surface area contributed by atoms with E-state index in [9.17, 15) is 9.59 Å². The number of thiophene rings is 1. The van der Waals surface area contributed by atoms with Crippen molar-refractivity contribution >= 4 is 45.4 Å². The Morgan fingerprint density at radius 3 is 2.68 bits per heavy atom. The third-order valence-electron chi connectivity index (χ3n) is 5.78. The molecular weight excluding hydrogens is 408 g/mol. The summed E-state index contributed by atoms with van der Waals surface area (Å²) in [5, 5.41) is 6.10. The normalized spacial score (nSPS) is 13.9. The van der Waals surface area contributed by atoms with E-state index in [1.54, 1.807) is 11.3 Å². The number of carbonyl (C=O) groups is 2. The molecule has 162 valence electrons. The van der Waals surface area contributed by atoms with Gasteiger partial charge in [-0.25, -0.2) is 4.79 Å². The minimum atomic E-state index is -0.0861. The van der Waals surface area contributed by atoms with Crippen molar-refractivity contribution in [1.29, 1.82) is 0 Å². The summed E-state index contributed by atoms with van der Waals surface area (Å²) in [6.07, 6.45) is 4.95. The summed E-state index contributed by atoms with van der Waals surface area (Å²) in [5.41, 5.74) is 3.07. The van der Waals surface area contributed by atoms with E-state index in [4.69, 9.17) is 0 Å². The van der Waals surface area contributed by atoms with Crippen LogP contribution in [0.3, 0.4) is 0 Å². The van der Waals surface area contributed by atoms with Crippen LogP contribution in [-0.4, -0.2) is 52.5 Å². The van der Waals surface area contributed by atoms with Crippen LogP contribution in [0.25, 0.3) is 16.5 Å². The van der Waals surface area contributed by atoms with E-state index in [0.29, 0.717) is 32.7 Å². The average molecular weight is 437 g/mol. The number of likely N-dealkylation sites (N-methyl/N-ethyl adjacent to an activating group) is 1. The molecule has 1 aliphatic heterocycles. The molecule has 0 saturated carbocycles. The first kappa shape index (κ1) is 21.2. The van der Waals surface area contributed by atoms with Crippen molar-refractivity contribution in [3.05, 3.63) is 58.9 Å². The molecular formula is C24H28N4O2S. The SMILES string of the molecule is CCN(CC)C(=O)Cn1ccc2cc(NC(=O)N3CC=C(c4cccs4)CC3)ccc21. The molecule has 31 heavy (non-hydrogen) atoms. The Morgan fingerprint density at radius 1 is 1.16 bits per heavy atom. The lowest BCUT2D eigenvalue weighted by Crippen LogP contribution is -2.37. The third kappa shape index (κ3) is 4.66. The summed E-state index contributed by atoms with van der Waals surface area (Å²) in [4.78, 5) is 30.1. The predicted molar refractivity (Wildman–Crippen MR) is 127 cm³/mol. The van der Waals surface area contributed by atoms with Crippen molar-refractivity contribution in [1.82, 2.24) is 14.4 Å². The van der Waals surface area contributed by atoms with Crippen LogP contribution >= 0.6 is 11.3 Å². The quantitative estimate of drug-likeness (QED) is 0.598. The molecule has 1 N–H and O–H groups in total. The van der Waals surface area contributed by atoms with E-state index in [1.807, 2.05) is 58.7 Å². The van der Waals surface area contributed by atoms with Crippen LogP contribution in [0.5, 0.6) is 0 Å². The van der Waals surface area contributed by atoms with Gasteiger partial charge in [0.1, 0.15) is 6.54 Å². The van der Waals surface area contributed by atoms with E-state index in [-0.39, 0.29) is 11.9 Å². The molecule has 0 saturated heterocycles. The summed E-state index contributed by atoms with van der Waals surface area (Å²) in [6, 6.07) is 11.9. The zero-order valence-electron chi connectivity index (χ0n) is 18.0. The molecule has 3 amide bonds. The minimum Gasteiger partial charge on any atom is -0.342 e. The van der Waals surface area contributed by atoms with Gasteiger partial charge in [-0.2, -0.15) is 0 Å². The Morgan fingerprint density at radius 2 is 2.00 bits per heavy atom. The number of anilines is 1. The molecule has 7 heteroatoms. The molecule has 1 aromatic carbocycles. The van der Waals surface area contributed by atoms with E-state index in [0.717, 1.165) is 23.0 Å². The molecule has 0 fully saturated rings. The van der Waals surface area contributed by atoms with Gasteiger partial charge in [-0.1, -0.05) is 12.1 Å². The van der Waals surface area contributed by atoms with Crippen molar-refractivity contribution in [2.75, 3.05) is 31.5 Å². The number of aromatic nitrogens is 1. The first-order chi connectivity index (χ1) is 15.1. The topological polar surface area (TPSA) is 57.6 Å². The molecule has 0 unspecified atom stereocenters. The van der Waals surface area contributed by atoms with E-state index < -0.39 is 0 Å². The van der Waals surface area contributed by atoms with Crippen LogP contribution in [0.2, 0.25) is 0 Å². The van der Waals surface area contributed by atoms with Crippen LogP contribution in [0.1, 0.15) is 25.1 Å². The van der Waals surface area contributed by atoms with Crippen molar-refractivity contribution < 1.29 is 9.59 Å². The highest BCUT2D eigenvalue weighted by atomic mass is 32.1. The number of urea groups is 1. The summed E-state index contributed by atoms with van der Waals surface area (Å²) in [5.74, 6) is 0.111. The predicted octanol–water partition coefficient (Wildman–Crippen LogP) is 4.89. The van der Waals surface area contributed by atoms with Crippen LogP contribution in [0.15, 0.2) is 54.1 Å². The standard InChI is InChI=1S/C24H28N4O2S/c1-3-26(4-2)23(29)17-28-14-11-19-16-20(7-8-21(19)28)25-24(30)27-12-9-18(10-13-27)22-6-5-15-31-22/h5-9,11,14-16H,3-4,10,12-13,17H2,1-2H3,(H,25,30). The van der Waals surface area contributed by atoms with Gasteiger partial charge in [0, 0.05) is 53.8 Å². The lowest BCUT2D eigenvalue weighted by Gasteiger charge is -2.26. The fourth-order valence-electron chi connectivity index (χ4n) is 3.98. The molecule has 3 aromatic rings. The maximum absolute atomic E-state index is 12.7. The van der Waals surface area contributed by atoms with Crippen molar-refractivity contribution in [2.45, 2.75) is 26.8 Å². The number of nitrogens with one attached hydrogen (secondary N) is 1. The van der Waals surface area contributed by atoms with Gasteiger partial charge in [0.2, 0.25) is 5.91 Å². The third-order valence-corrected chi connectivity index (χ3v) is 6.72. The number of rotatable bonds is 6. The largest absolute Gasteiger partial charge is 0.342 e. The van der Waals surface area contributed by atoms with Gasteiger partial charge in [0.15, 0.2) is 0 Å². The average Bonchev–Trinajstić information content (AvgIpc) is 3.45. The maximum Gasteiger partial charge on any atom is 0.322 e. The summed E-state index contributed by atoms with van der Waals surface area (Å²) in [6.45, 7) is 7.06. The second-order valence-electron chi connectivity index (χ2n) is 7.62. The zero-order valence-corrected chi connectivity index (χ0v) is 18.8. The Hall–Kier alpha value is -3.06. The molecule has 3 heterocycles. The Kier molecular flexibility index (Phi) is 6.42. The van der Waals surface area contributed by atoms with Crippen LogP contribution in [-0.2, 0) is 11.3 Å². The van der Waals surface area contributed by atoms with Crippen LogP contribution in [0.4, 0.5) is 10.5 Å². The van der Waals surface area contributed by atoms with E-state index >= 15 is 0 Å². The van der Waals surface area contributed by atoms with Gasteiger partial charge >= 0.3 is 6.03 Å². The second kappa shape index (κ2) is 9.39. The fourth-order valence-corrected chi connectivity index (χ4v) is 4.78. The fraction of sp³-hybridized carbons (Fsp3) is 0.333. The highest BCUT2D eigenvalue weighted by Gasteiger charge is 2.19. The summed E-state index contributed by atoms with van der Waals surface area (Å²) in [7, 11) is 0. The number of carbonyl (C=O) groups excluding carboxylic acids is 2. The molecule has 0 bridgehead atoms. The van der Waals surface area contributed by atoms with Crippen molar-refractivity contribution in [2.24, 2.45) is 0 Å². The molecule has 0 radical (unpaired) electrons. The Labute approximate surface area is 186 Å². The zero-order chi connectivity index (χ0) is 21.8. The second-order valence-corrected chi connectivity index (χ2v) is 8.56. The molecule has 0 spiro atoms. The van der Waals surface area contributed by atoms with Gasteiger partial charge in [-0.05, 0) is 61.6 Å². The monoisotopic (exact) mass is 436 g/mol. The van der Waals surface area contributed by atoms with E-state index in [1.165, 1.54) is 10.5 Å². The smallest absolute Gasteiger partial charge is 0.322 e. The summed E-state index contributed by atoms with van der Waals surface area (Å²) < 4.78 is 1.96. The molecule has 2 aromatic heterocycles. The van der Waals surface area contributed by atoms with Crippen molar-refractivity contribution in [3.63, 3.8) is 0 Å². The molecule has 0 aliphatic carbocycles. The molecule has 1 aliphatic rings. The number of hydrogen-bond donors (Lipinski definition) is 1. The van der Waals surface area contributed by atoms with Crippen LogP contribution in [0, 0.1) is 0 Å². The molecule has 0 atom stereocenters. The summed E-state index contributed by atoms with van der Waals surface area (Å²) >= 11 is 1.74. The highest BCUT2D eigenvalue weighted by molar-refractivity contribution is 7.11. The Balaban J connectivity index is 1.40. The van der Waals surface area contributed by atoms with E-state index in [2.05, 4.69) is 28.9 Å². The van der Waals surface area contributed by atoms with Crippen LogP contribution < -0.4 is 5.32 Å². The maximum atomic E-state index is 12.7. The van der Waals surface area contributed by atoms with Crippen molar-refractivity contribution in [3.8, 4) is 0 Å². The lowest BCUT2D eigenvalue weighted by molar-refractivity contribution is -0.131. The number of nitrogens with zero attached hydrogens (tertiary/aromatic N) is 3. The first-order valence-electron chi connectivity index (χ1n) is 10.7.